The highest BCUT2D eigenvalue weighted by atomic mass is 16.6. The first kappa shape index (κ1) is 27.8. The third-order valence-electron chi connectivity index (χ3n) is 6.62. The lowest BCUT2D eigenvalue weighted by molar-refractivity contribution is 0.306. The zero-order valence-electron chi connectivity index (χ0n) is 22.6. The molecule has 2 atom stereocenters. The Kier molecular flexibility index (Phi) is 10.1. The Hall–Kier alpha value is -2.45. The van der Waals surface area contributed by atoms with Gasteiger partial charge in [-0.05, 0) is 61.6 Å². The smallest absolute Gasteiger partial charge is 0.120 e. The van der Waals surface area contributed by atoms with E-state index in [2.05, 4.69) is 101 Å². The highest BCUT2D eigenvalue weighted by molar-refractivity contribution is 5.59. The van der Waals surface area contributed by atoms with E-state index in [9.17, 15) is 0 Å². The molecule has 1 aliphatic rings. The SMILES string of the molecule is C=C(C)CC1(c2ccc(-c3ccc(C)cn3)cc2)CO1.C=CC(C)(C)C/C(=C/CC)C(C)CC. The van der Waals surface area contributed by atoms with Gasteiger partial charge in [-0.2, -0.15) is 0 Å². The van der Waals surface area contributed by atoms with Gasteiger partial charge in [0.25, 0.3) is 0 Å². The molecule has 3 rings (SSSR count). The molecule has 2 unspecified atom stereocenters. The highest BCUT2D eigenvalue weighted by Crippen LogP contribution is 2.44. The highest BCUT2D eigenvalue weighted by Gasteiger charge is 2.46. The van der Waals surface area contributed by atoms with Crippen LogP contribution in [0.25, 0.3) is 11.3 Å². The summed E-state index contributed by atoms with van der Waals surface area (Å²) in [6.45, 7) is 24.1. The summed E-state index contributed by atoms with van der Waals surface area (Å²) in [5.41, 5.74) is 7.43. The monoisotopic (exact) mass is 459 g/mol. The Morgan fingerprint density at radius 3 is 2.26 bits per heavy atom. The maximum absolute atomic E-state index is 5.68. The molecule has 1 aromatic heterocycles. The maximum Gasteiger partial charge on any atom is 0.120 e. The van der Waals surface area contributed by atoms with Crippen LogP contribution in [0.4, 0.5) is 0 Å². The van der Waals surface area contributed by atoms with E-state index in [0.717, 1.165) is 42.7 Å². The maximum atomic E-state index is 5.68. The molecular weight excluding hydrogens is 414 g/mol. The van der Waals surface area contributed by atoms with Crippen molar-refractivity contribution in [3.63, 3.8) is 0 Å². The Balaban J connectivity index is 0.000000259. The number of allylic oxidation sites excluding steroid dienone is 3. The third-order valence-corrected chi connectivity index (χ3v) is 6.62. The van der Waals surface area contributed by atoms with Gasteiger partial charge in [-0.1, -0.05) is 88.2 Å². The minimum absolute atomic E-state index is 0.120. The van der Waals surface area contributed by atoms with Crippen molar-refractivity contribution in [1.82, 2.24) is 4.98 Å². The molecule has 0 amide bonds. The van der Waals surface area contributed by atoms with E-state index in [1.54, 1.807) is 5.57 Å². The molecule has 0 spiro atoms. The minimum atomic E-state index is -0.120. The molecule has 1 saturated heterocycles. The molecule has 1 aliphatic heterocycles. The molecule has 1 fully saturated rings. The van der Waals surface area contributed by atoms with Crippen LogP contribution in [-0.2, 0) is 10.3 Å². The predicted octanol–water partition coefficient (Wildman–Crippen LogP) is 9.22. The van der Waals surface area contributed by atoms with Crippen molar-refractivity contribution in [3.05, 3.63) is 90.2 Å². The Morgan fingerprint density at radius 1 is 1.18 bits per heavy atom. The van der Waals surface area contributed by atoms with Gasteiger partial charge >= 0.3 is 0 Å². The topological polar surface area (TPSA) is 25.4 Å². The number of hydrogen-bond acceptors (Lipinski definition) is 2. The van der Waals surface area contributed by atoms with Crippen LogP contribution in [0.3, 0.4) is 0 Å². The summed E-state index contributed by atoms with van der Waals surface area (Å²) in [4.78, 5) is 4.46. The molecule has 2 nitrogen and oxygen atoms in total. The third kappa shape index (κ3) is 8.09. The van der Waals surface area contributed by atoms with Gasteiger partial charge in [0.2, 0.25) is 0 Å². The zero-order chi connectivity index (χ0) is 25.4. The van der Waals surface area contributed by atoms with Crippen LogP contribution in [0.2, 0.25) is 0 Å². The van der Waals surface area contributed by atoms with Crippen LogP contribution >= 0.6 is 0 Å². The summed E-state index contributed by atoms with van der Waals surface area (Å²) in [6, 6.07) is 12.7. The number of epoxide rings is 1. The fourth-order valence-electron chi connectivity index (χ4n) is 4.10. The molecule has 0 radical (unpaired) electrons. The quantitative estimate of drug-likeness (QED) is 0.261. The lowest BCUT2D eigenvalue weighted by Crippen LogP contribution is -2.11. The molecular formula is C32H45NO. The second kappa shape index (κ2) is 12.3. The summed E-state index contributed by atoms with van der Waals surface area (Å²) >= 11 is 0. The van der Waals surface area contributed by atoms with Gasteiger partial charge in [-0.25, -0.2) is 0 Å². The number of pyridine rings is 1. The molecule has 2 heterocycles. The minimum Gasteiger partial charge on any atom is -0.364 e. The van der Waals surface area contributed by atoms with Crippen LogP contribution in [0.15, 0.2) is 79.1 Å². The number of aryl methyl sites for hydroxylation is 1. The van der Waals surface area contributed by atoms with Gasteiger partial charge in [0, 0.05) is 18.2 Å². The van der Waals surface area contributed by atoms with Crippen molar-refractivity contribution in [2.24, 2.45) is 11.3 Å². The summed E-state index contributed by atoms with van der Waals surface area (Å²) in [7, 11) is 0. The fraction of sp³-hybridized carbons (Fsp3) is 0.469. The number of aromatic nitrogens is 1. The Bertz CT molecular complexity index is 959. The lowest BCUT2D eigenvalue weighted by Gasteiger charge is -2.25. The number of benzene rings is 1. The van der Waals surface area contributed by atoms with E-state index in [1.165, 1.54) is 17.5 Å². The first-order valence-corrected chi connectivity index (χ1v) is 12.7. The summed E-state index contributed by atoms with van der Waals surface area (Å²) in [5.74, 6) is 0.717. The molecule has 2 heteroatoms. The number of nitrogens with zero attached hydrogens (tertiary/aromatic N) is 1. The van der Waals surface area contributed by atoms with Crippen LogP contribution in [0.1, 0.15) is 78.4 Å². The van der Waals surface area contributed by atoms with Gasteiger partial charge in [0.1, 0.15) is 5.60 Å². The second-order valence-electron chi connectivity index (χ2n) is 10.6. The predicted molar refractivity (Wildman–Crippen MR) is 148 cm³/mol. The van der Waals surface area contributed by atoms with Crippen molar-refractivity contribution in [2.75, 3.05) is 6.61 Å². The van der Waals surface area contributed by atoms with Crippen molar-refractivity contribution < 1.29 is 4.74 Å². The molecule has 34 heavy (non-hydrogen) atoms. The van der Waals surface area contributed by atoms with Gasteiger partial charge in [-0.3, -0.25) is 4.98 Å². The first-order valence-electron chi connectivity index (χ1n) is 12.7. The molecule has 2 aromatic rings. The van der Waals surface area contributed by atoms with Crippen LogP contribution in [0, 0.1) is 18.3 Å². The van der Waals surface area contributed by atoms with E-state index in [-0.39, 0.29) is 11.0 Å². The van der Waals surface area contributed by atoms with Crippen molar-refractivity contribution >= 4 is 0 Å². The molecule has 184 valence electrons. The van der Waals surface area contributed by atoms with E-state index >= 15 is 0 Å². The van der Waals surface area contributed by atoms with E-state index in [4.69, 9.17) is 4.74 Å². The Morgan fingerprint density at radius 2 is 1.82 bits per heavy atom. The van der Waals surface area contributed by atoms with Gasteiger partial charge in [-0.15, -0.1) is 13.2 Å². The summed E-state index contributed by atoms with van der Waals surface area (Å²) in [5, 5.41) is 0. The fourth-order valence-corrected chi connectivity index (χ4v) is 4.10. The first-order chi connectivity index (χ1) is 16.1. The Labute approximate surface area is 208 Å². The number of ether oxygens (including phenoxy) is 1. The largest absolute Gasteiger partial charge is 0.364 e. The zero-order valence-corrected chi connectivity index (χ0v) is 22.6. The van der Waals surface area contributed by atoms with Crippen molar-refractivity contribution in [2.45, 2.75) is 79.8 Å². The molecule has 1 aromatic carbocycles. The van der Waals surface area contributed by atoms with Gasteiger partial charge < -0.3 is 4.74 Å². The summed E-state index contributed by atoms with van der Waals surface area (Å²) < 4.78 is 5.68. The van der Waals surface area contributed by atoms with Crippen LogP contribution in [0.5, 0.6) is 0 Å². The van der Waals surface area contributed by atoms with Gasteiger partial charge in [0.15, 0.2) is 0 Å². The van der Waals surface area contributed by atoms with E-state index in [0.29, 0.717) is 5.92 Å². The number of rotatable bonds is 10. The molecule has 0 bridgehead atoms. The average molecular weight is 460 g/mol. The number of hydrogen-bond donors (Lipinski definition) is 0. The molecule has 0 aliphatic carbocycles. The van der Waals surface area contributed by atoms with Crippen molar-refractivity contribution in [1.29, 1.82) is 0 Å². The van der Waals surface area contributed by atoms with E-state index in [1.807, 2.05) is 20.0 Å². The standard InChI is InChI=1S/C18H19NO.C14H26/c1-13(2)10-18(12-20-18)16-7-5-15(6-8-16)17-9-4-14(3)11-19-17;1-7-10-13(12(4)8-2)11-14(5,6)9-3/h4-9,11H,1,10,12H2,2-3H3;9-10,12H,3,7-8,11H2,1-2,4-6H3/b;13-10-. The van der Waals surface area contributed by atoms with Crippen LogP contribution < -0.4 is 0 Å². The average Bonchev–Trinajstić information content (AvgIpc) is 3.59. The molecule has 0 N–H and O–H groups in total. The molecule has 0 saturated carbocycles. The second-order valence-corrected chi connectivity index (χ2v) is 10.6. The van der Waals surface area contributed by atoms with Gasteiger partial charge in [0.05, 0.1) is 12.3 Å². The normalized spacial score (nSPS) is 18.5. The van der Waals surface area contributed by atoms with Crippen LogP contribution in [-0.4, -0.2) is 11.6 Å². The van der Waals surface area contributed by atoms with Crippen molar-refractivity contribution in [3.8, 4) is 11.3 Å². The lowest BCUT2D eigenvalue weighted by atomic mass is 9.81. The van der Waals surface area contributed by atoms with E-state index < -0.39 is 0 Å². The summed E-state index contributed by atoms with van der Waals surface area (Å²) in [6.07, 6.45) is 10.8.